The second-order valence-corrected chi connectivity index (χ2v) is 7.68. The van der Waals surface area contributed by atoms with Crippen LogP contribution in [0.2, 0.25) is 0 Å². The summed E-state index contributed by atoms with van der Waals surface area (Å²) in [6.07, 6.45) is 6.99. The molecule has 1 saturated heterocycles. The van der Waals surface area contributed by atoms with E-state index in [1.54, 1.807) is 34.6 Å². The number of likely N-dealkylation sites (N-methyl/N-ethyl adjacent to an activating group) is 1. The van der Waals surface area contributed by atoms with Gasteiger partial charge in [0.05, 0.1) is 12.0 Å². The molecule has 0 aliphatic carbocycles. The molecule has 0 radical (unpaired) electrons. The van der Waals surface area contributed by atoms with Crippen LogP contribution in [0.4, 0.5) is 0 Å². The molecule has 1 heterocycles. The lowest BCUT2D eigenvalue weighted by Gasteiger charge is -2.19. The summed E-state index contributed by atoms with van der Waals surface area (Å²) in [4.78, 5) is 16.7. The van der Waals surface area contributed by atoms with E-state index in [0.29, 0.717) is 18.0 Å². The SMILES string of the molecule is CON(C)C(=O)/C=C/c1ccc(S(=O)(=O)N2CCCCCC2)cc1. The average Bonchev–Trinajstić information content (AvgIpc) is 2.89. The highest BCUT2D eigenvalue weighted by Crippen LogP contribution is 2.21. The van der Waals surface area contributed by atoms with Gasteiger partial charge in [0.25, 0.3) is 5.91 Å². The van der Waals surface area contributed by atoms with E-state index < -0.39 is 10.0 Å². The van der Waals surface area contributed by atoms with Crippen molar-refractivity contribution in [1.29, 1.82) is 0 Å². The third kappa shape index (κ3) is 4.66. The van der Waals surface area contributed by atoms with E-state index in [0.717, 1.165) is 36.3 Å². The molecule has 7 heteroatoms. The fraction of sp³-hybridized carbons (Fsp3) is 0.471. The lowest BCUT2D eigenvalue weighted by Crippen LogP contribution is -2.31. The lowest BCUT2D eigenvalue weighted by atomic mass is 10.2. The Labute approximate surface area is 143 Å². The van der Waals surface area contributed by atoms with Crippen molar-refractivity contribution in [3.63, 3.8) is 0 Å². The Hall–Kier alpha value is -1.70. The van der Waals surface area contributed by atoms with Crippen LogP contribution in [-0.2, 0) is 19.7 Å². The number of sulfonamides is 1. The van der Waals surface area contributed by atoms with Crippen molar-refractivity contribution in [2.75, 3.05) is 27.2 Å². The van der Waals surface area contributed by atoms with Crippen molar-refractivity contribution in [2.24, 2.45) is 0 Å². The number of amides is 1. The van der Waals surface area contributed by atoms with E-state index in [2.05, 4.69) is 0 Å². The van der Waals surface area contributed by atoms with E-state index in [1.165, 1.54) is 20.2 Å². The van der Waals surface area contributed by atoms with Crippen LogP contribution in [0.1, 0.15) is 31.2 Å². The summed E-state index contributed by atoms with van der Waals surface area (Å²) in [6.45, 7) is 1.17. The first-order valence-corrected chi connectivity index (χ1v) is 9.49. The number of hydrogen-bond acceptors (Lipinski definition) is 4. The molecular formula is C17H24N2O4S. The van der Waals surface area contributed by atoms with Gasteiger partial charge < -0.3 is 0 Å². The molecule has 1 aromatic rings. The standard InChI is InChI=1S/C17H24N2O4S/c1-18(23-2)17(20)12-9-15-7-10-16(11-8-15)24(21,22)19-13-5-3-4-6-14-19/h7-12H,3-6,13-14H2,1-2H3/b12-9+. The van der Waals surface area contributed by atoms with Crippen LogP contribution in [0.3, 0.4) is 0 Å². The summed E-state index contributed by atoms with van der Waals surface area (Å²) in [5, 5.41) is 1.11. The van der Waals surface area contributed by atoms with E-state index in [9.17, 15) is 13.2 Å². The molecule has 0 bridgehead atoms. The van der Waals surface area contributed by atoms with Gasteiger partial charge in [-0.25, -0.2) is 13.5 Å². The molecule has 6 nitrogen and oxygen atoms in total. The smallest absolute Gasteiger partial charge is 0.269 e. The highest BCUT2D eigenvalue weighted by atomic mass is 32.2. The third-order valence-corrected chi connectivity index (χ3v) is 6.00. The van der Waals surface area contributed by atoms with Crippen LogP contribution in [0.15, 0.2) is 35.2 Å². The molecule has 1 amide bonds. The van der Waals surface area contributed by atoms with Gasteiger partial charge in [-0.3, -0.25) is 9.63 Å². The Morgan fingerprint density at radius 1 is 1.12 bits per heavy atom. The van der Waals surface area contributed by atoms with Crippen molar-refractivity contribution in [3.05, 3.63) is 35.9 Å². The molecule has 2 rings (SSSR count). The van der Waals surface area contributed by atoms with E-state index >= 15 is 0 Å². The summed E-state index contributed by atoms with van der Waals surface area (Å²) in [5.41, 5.74) is 0.752. The van der Waals surface area contributed by atoms with Crippen molar-refractivity contribution < 1.29 is 18.0 Å². The number of carbonyl (C=O) groups excluding carboxylic acids is 1. The number of nitrogens with zero attached hydrogens (tertiary/aromatic N) is 2. The molecule has 0 aromatic heterocycles. The fourth-order valence-electron chi connectivity index (χ4n) is 2.54. The maximum absolute atomic E-state index is 12.7. The van der Waals surface area contributed by atoms with Crippen molar-refractivity contribution in [3.8, 4) is 0 Å². The first-order valence-electron chi connectivity index (χ1n) is 8.05. The van der Waals surface area contributed by atoms with Gasteiger partial charge in [0.15, 0.2) is 0 Å². The quantitative estimate of drug-likeness (QED) is 0.602. The molecule has 1 fully saturated rings. The van der Waals surface area contributed by atoms with Crippen molar-refractivity contribution >= 4 is 22.0 Å². The zero-order chi connectivity index (χ0) is 17.6. The molecular weight excluding hydrogens is 328 g/mol. The zero-order valence-electron chi connectivity index (χ0n) is 14.1. The van der Waals surface area contributed by atoms with Crippen LogP contribution in [0, 0.1) is 0 Å². The molecule has 0 N–H and O–H groups in total. The molecule has 0 spiro atoms. The van der Waals surface area contributed by atoms with Gasteiger partial charge in [-0.2, -0.15) is 4.31 Å². The highest BCUT2D eigenvalue weighted by Gasteiger charge is 2.24. The summed E-state index contributed by atoms with van der Waals surface area (Å²) in [5.74, 6) is -0.293. The van der Waals surface area contributed by atoms with Crippen LogP contribution in [0.5, 0.6) is 0 Å². The third-order valence-electron chi connectivity index (χ3n) is 4.09. The highest BCUT2D eigenvalue weighted by molar-refractivity contribution is 7.89. The lowest BCUT2D eigenvalue weighted by molar-refractivity contribution is -0.162. The topological polar surface area (TPSA) is 66.9 Å². The molecule has 1 aliphatic rings. The average molecular weight is 352 g/mol. The Kier molecular flexibility index (Phi) is 6.53. The molecule has 0 atom stereocenters. The minimum absolute atomic E-state index is 0.293. The molecule has 0 unspecified atom stereocenters. The second kappa shape index (κ2) is 8.41. The van der Waals surface area contributed by atoms with Crippen molar-refractivity contribution in [2.45, 2.75) is 30.6 Å². The van der Waals surface area contributed by atoms with E-state index in [1.807, 2.05) is 0 Å². The number of rotatable bonds is 5. The van der Waals surface area contributed by atoms with Gasteiger partial charge in [-0.1, -0.05) is 25.0 Å². The Morgan fingerprint density at radius 3 is 2.25 bits per heavy atom. The van der Waals surface area contributed by atoms with Crippen LogP contribution in [0.25, 0.3) is 6.08 Å². The van der Waals surface area contributed by atoms with Crippen LogP contribution < -0.4 is 0 Å². The van der Waals surface area contributed by atoms with Gasteiger partial charge in [-0.15, -0.1) is 0 Å². The fourth-order valence-corrected chi connectivity index (χ4v) is 4.06. The normalized spacial score (nSPS) is 16.9. The first kappa shape index (κ1) is 18.6. The minimum atomic E-state index is -3.44. The summed E-state index contributed by atoms with van der Waals surface area (Å²) >= 11 is 0. The monoisotopic (exact) mass is 352 g/mol. The zero-order valence-corrected chi connectivity index (χ0v) is 15.0. The van der Waals surface area contributed by atoms with Gasteiger partial charge in [0.1, 0.15) is 0 Å². The Bertz CT molecular complexity index is 675. The summed E-state index contributed by atoms with van der Waals surface area (Å²) < 4.78 is 26.9. The van der Waals surface area contributed by atoms with E-state index in [4.69, 9.17) is 4.84 Å². The second-order valence-electron chi connectivity index (χ2n) is 5.74. The largest absolute Gasteiger partial charge is 0.274 e. The van der Waals surface area contributed by atoms with Crippen LogP contribution in [-0.4, -0.2) is 50.9 Å². The van der Waals surface area contributed by atoms with E-state index in [-0.39, 0.29) is 5.91 Å². The van der Waals surface area contributed by atoms with Gasteiger partial charge in [0.2, 0.25) is 10.0 Å². The molecule has 0 saturated carbocycles. The van der Waals surface area contributed by atoms with Gasteiger partial charge >= 0.3 is 0 Å². The first-order chi connectivity index (χ1) is 11.4. The maximum Gasteiger partial charge on any atom is 0.269 e. The Morgan fingerprint density at radius 2 is 1.71 bits per heavy atom. The minimum Gasteiger partial charge on any atom is -0.274 e. The number of benzene rings is 1. The summed E-state index contributed by atoms with van der Waals surface area (Å²) in [7, 11) is -0.508. The van der Waals surface area contributed by atoms with Crippen LogP contribution >= 0.6 is 0 Å². The van der Waals surface area contributed by atoms with Crippen molar-refractivity contribution in [1.82, 2.24) is 9.37 Å². The summed E-state index contributed by atoms with van der Waals surface area (Å²) in [6, 6.07) is 6.57. The van der Waals surface area contributed by atoms with Gasteiger partial charge in [0, 0.05) is 26.2 Å². The predicted molar refractivity (Wildman–Crippen MR) is 92.5 cm³/mol. The number of hydroxylamine groups is 2. The molecule has 1 aliphatic heterocycles. The number of carbonyl (C=O) groups is 1. The number of hydrogen-bond donors (Lipinski definition) is 0. The molecule has 1 aromatic carbocycles. The maximum atomic E-state index is 12.7. The van der Waals surface area contributed by atoms with Gasteiger partial charge in [-0.05, 0) is 36.6 Å². The molecule has 24 heavy (non-hydrogen) atoms. The predicted octanol–water partition coefficient (Wildman–Crippen LogP) is 2.28. The Balaban J connectivity index is 2.10. The molecule has 132 valence electrons.